The highest BCUT2D eigenvalue weighted by Crippen LogP contribution is 2.32. The molecule has 21 heavy (non-hydrogen) atoms. The molecule has 0 bridgehead atoms. The third-order valence-corrected chi connectivity index (χ3v) is 4.16. The molecule has 1 aliphatic rings. The van der Waals surface area contributed by atoms with Crippen molar-refractivity contribution in [1.82, 2.24) is 9.80 Å². The minimum atomic E-state index is -0.262. The molecule has 1 saturated heterocycles. The number of aliphatic hydroxyl groups is 1. The summed E-state index contributed by atoms with van der Waals surface area (Å²) in [4.78, 5) is 4.64. The second kappa shape index (κ2) is 8.20. The molecule has 1 heterocycles. The quantitative estimate of drug-likeness (QED) is 0.867. The van der Waals surface area contributed by atoms with Crippen molar-refractivity contribution in [3.8, 4) is 5.75 Å². The highest BCUT2D eigenvalue weighted by atomic mass is 35.5. The summed E-state index contributed by atoms with van der Waals surface area (Å²) in [5, 5.41) is 10.5. The number of rotatable bonds is 6. The molecular weight excluding hydrogens is 311 g/mol. The number of nitrogens with zero attached hydrogens (tertiary/aromatic N) is 2. The molecule has 6 heteroatoms. The maximum absolute atomic E-state index is 9.39. The van der Waals surface area contributed by atoms with Crippen LogP contribution in [-0.4, -0.2) is 66.9 Å². The molecule has 118 valence electrons. The summed E-state index contributed by atoms with van der Waals surface area (Å²) in [5.74, 6) is 0.563. The van der Waals surface area contributed by atoms with Crippen LogP contribution in [-0.2, 0) is 0 Å². The normalized spacial score (nSPS) is 18.7. The summed E-state index contributed by atoms with van der Waals surface area (Å²) in [7, 11) is 0. The third kappa shape index (κ3) is 5.31. The molecule has 0 saturated carbocycles. The van der Waals surface area contributed by atoms with E-state index in [1.165, 1.54) is 0 Å². The minimum absolute atomic E-state index is 0.262. The maximum atomic E-state index is 9.39. The SMILES string of the molecule is CC(O)CN1CCN(CCOc2c(Cl)cccc2Cl)CC1. The lowest BCUT2D eigenvalue weighted by Gasteiger charge is -2.35. The molecule has 1 aliphatic heterocycles. The van der Waals surface area contributed by atoms with Crippen LogP contribution in [0.15, 0.2) is 18.2 Å². The van der Waals surface area contributed by atoms with Crippen molar-refractivity contribution in [3.05, 3.63) is 28.2 Å². The molecule has 1 N–H and O–H groups in total. The van der Waals surface area contributed by atoms with Gasteiger partial charge in [-0.1, -0.05) is 29.3 Å². The van der Waals surface area contributed by atoms with Crippen molar-refractivity contribution in [3.63, 3.8) is 0 Å². The van der Waals surface area contributed by atoms with Crippen LogP contribution in [0.3, 0.4) is 0 Å². The van der Waals surface area contributed by atoms with E-state index in [1.807, 2.05) is 6.92 Å². The Hall–Kier alpha value is -0.520. The van der Waals surface area contributed by atoms with Gasteiger partial charge in [0.1, 0.15) is 6.61 Å². The zero-order chi connectivity index (χ0) is 15.2. The van der Waals surface area contributed by atoms with Gasteiger partial charge in [0.25, 0.3) is 0 Å². The minimum Gasteiger partial charge on any atom is -0.489 e. The van der Waals surface area contributed by atoms with Gasteiger partial charge >= 0.3 is 0 Å². The fourth-order valence-electron chi connectivity index (χ4n) is 2.47. The molecule has 0 spiro atoms. The predicted octanol–water partition coefficient (Wildman–Crippen LogP) is 2.37. The molecule has 1 unspecified atom stereocenters. The number of aliphatic hydroxyl groups excluding tert-OH is 1. The van der Waals surface area contributed by atoms with Crippen molar-refractivity contribution in [2.24, 2.45) is 0 Å². The van der Waals surface area contributed by atoms with E-state index in [4.69, 9.17) is 27.9 Å². The molecule has 4 nitrogen and oxygen atoms in total. The summed E-state index contributed by atoms with van der Waals surface area (Å²) in [5.41, 5.74) is 0. The second-order valence-electron chi connectivity index (χ2n) is 5.39. The van der Waals surface area contributed by atoms with Crippen LogP contribution in [0.1, 0.15) is 6.92 Å². The fourth-order valence-corrected chi connectivity index (χ4v) is 2.97. The number of β-amino-alcohol motifs (C(OH)–C–C–N with tert-alkyl or cyclic N) is 1. The van der Waals surface area contributed by atoms with Gasteiger partial charge in [-0.25, -0.2) is 0 Å². The van der Waals surface area contributed by atoms with E-state index in [2.05, 4.69) is 9.80 Å². The van der Waals surface area contributed by atoms with E-state index in [0.717, 1.165) is 39.3 Å². The molecule has 0 radical (unpaired) electrons. The number of halogens is 2. The van der Waals surface area contributed by atoms with Gasteiger partial charge in [0, 0.05) is 39.3 Å². The standard InChI is InChI=1S/C15H22Cl2N2O2/c1-12(20)11-19-7-5-18(6-8-19)9-10-21-15-13(16)3-2-4-14(15)17/h2-4,12,20H,5-11H2,1H3. The first kappa shape index (κ1) is 16.8. The van der Waals surface area contributed by atoms with E-state index >= 15 is 0 Å². The highest BCUT2D eigenvalue weighted by Gasteiger charge is 2.17. The lowest BCUT2D eigenvalue weighted by Crippen LogP contribution is -2.49. The number of benzene rings is 1. The van der Waals surface area contributed by atoms with E-state index in [9.17, 15) is 5.11 Å². The molecule has 0 amide bonds. The average molecular weight is 333 g/mol. The maximum Gasteiger partial charge on any atom is 0.156 e. The molecule has 0 aromatic heterocycles. The van der Waals surface area contributed by atoms with E-state index in [0.29, 0.717) is 22.4 Å². The van der Waals surface area contributed by atoms with Crippen molar-refractivity contribution in [2.75, 3.05) is 45.9 Å². The van der Waals surface area contributed by atoms with Crippen LogP contribution in [0.5, 0.6) is 5.75 Å². The van der Waals surface area contributed by atoms with Gasteiger partial charge in [-0.05, 0) is 19.1 Å². The average Bonchev–Trinajstić information content (AvgIpc) is 2.43. The number of hydrogen-bond acceptors (Lipinski definition) is 4. The molecule has 2 rings (SSSR count). The number of hydrogen-bond donors (Lipinski definition) is 1. The van der Waals surface area contributed by atoms with Gasteiger partial charge in [-0.3, -0.25) is 9.80 Å². The number of ether oxygens (including phenoxy) is 1. The van der Waals surface area contributed by atoms with Crippen LogP contribution >= 0.6 is 23.2 Å². The van der Waals surface area contributed by atoms with Crippen LogP contribution in [0.25, 0.3) is 0 Å². The van der Waals surface area contributed by atoms with E-state index in [1.54, 1.807) is 18.2 Å². The van der Waals surface area contributed by atoms with Gasteiger partial charge in [-0.15, -0.1) is 0 Å². The summed E-state index contributed by atoms with van der Waals surface area (Å²) in [6.45, 7) is 7.95. The van der Waals surface area contributed by atoms with Crippen molar-refractivity contribution < 1.29 is 9.84 Å². The molecular formula is C15H22Cl2N2O2. The van der Waals surface area contributed by atoms with Crippen LogP contribution in [0, 0.1) is 0 Å². The predicted molar refractivity (Wildman–Crippen MR) is 86.5 cm³/mol. The van der Waals surface area contributed by atoms with Crippen LogP contribution in [0.2, 0.25) is 10.0 Å². The van der Waals surface area contributed by atoms with Gasteiger partial charge < -0.3 is 9.84 Å². The first-order chi connectivity index (χ1) is 10.1. The van der Waals surface area contributed by atoms with Gasteiger partial charge in [0.15, 0.2) is 5.75 Å². The summed E-state index contributed by atoms with van der Waals surface area (Å²) in [6, 6.07) is 5.36. The van der Waals surface area contributed by atoms with Gasteiger partial charge in [-0.2, -0.15) is 0 Å². The fraction of sp³-hybridized carbons (Fsp3) is 0.600. The first-order valence-electron chi connectivity index (χ1n) is 7.26. The van der Waals surface area contributed by atoms with Gasteiger partial charge in [0.05, 0.1) is 16.1 Å². The summed E-state index contributed by atoms with van der Waals surface area (Å²) in [6.07, 6.45) is -0.262. The third-order valence-electron chi connectivity index (χ3n) is 3.56. The van der Waals surface area contributed by atoms with Crippen molar-refractivity contribution >= 4 is 23.2 Å². The Morgan fingerprint density at radius 1 is 1.14 bits per heavy atom. The van der Waals surface area contributed by atoms with E-state index in [-0.39, 0.29) is 6.10 Å². The van der Waals surface area contributed by atoms with E-state index < -0.39 is 0 Å². The molecule has 1 aromatic rings. The van der Waals surface area contributed by atoms with Crippen LogP contribution < -0.4 is 4.74 Å². The van der Waals surface area contributed by atoms with Gasteiger partial charge in [0.2, 0.25) is 0 Å². The topological polar surface area (TPSA) is 35.9 Å². The Kier molecular flexibility index (Phi) is 6.58. The summed E-state index contributed by atoms with van der Waals surface area (Å²) < 4.78 is 5.70. The lowest BCUT2D eigenvalue weighted by molar-refractivity contribution is 0.0750. The Morgan fingerprint density at radius 2 is 1.71 bits per heavy atom. The summed E-state index contributed by atoms with van der Waals surface area (Å²) >= 11 is 12.1. The Morgan fingerprint density at radius 3 is 2.29 bits per heavy atom. The zero-order valence-corrected chi connectivity index (χ0v) is 13.8. The highest BCUT2D eigenvalue weighted by molar-refractivity contribution is 6.37. The molecule has 1 aromatic carbocycles. The largest absolute Gasteiger partial charge is 0.489 e. The van der Waals surface area contributed by atoms with Crippen LogP contribution in [0.4, 0.5) is 0 Å². The Bertz CT molecular complexity index is 429. The smallest absolute Gasteiger partial charge is 0.156 e. The first-order valence-corrected chi connectivity index (χ1v) is 8.01. The van der Waals surface area contributed by atoms with Crippen molar-refractivity contribution in [1.29, 1.82) is 0 Å². The Labute approximate surface area is 136 Å². The molecule has 0 aliphatic carbocycles. The lowest BCUT2D eigenvalue weighted by atomic mass is 10.3. The second-order valence-corrected chi connectivity index (χ2v) is 6.20. The molecule has 1 fully saturated rings. The van der Waals surface area contributed by atoms with Crippen molar-refractivity contribution in [2.45, 2.75) is 13.0 Å². The molecule has 1 atom stereocenters. The number of para-hydroxylation sites is 1. The number of piperazine rings is 1. The Balaban J connectivity index is 1.71. The monoisotopic (exact) mass is 332 g/mol. The zero-order valence-electron chi connectivity index (χ0n) is 12.3.